The van der Waals surface area contributed by atoms with Gasteiger partial charge in [0.1, 0.15) is 5.82 Å². The van der Waals surface area contributed by atoms with Crippen LogP contribution in [0.3, 0.4) is 0 Å². The van der Waals surface area contributed by atoms with Crippen molar-refractivity contribution in [3.8, 4) is 0 Å². The van der Waals surface area contributed by atoms with Gasteiger partial charge in [0, 0.05) is 25.6 Å². The number of carbonyl (C=O) groups is 1. The third-order valence-corrected chi connectivity index (χ3v) is 4.10. The quantitative estimate of drug-likeness (QED) is 0.512. The summed E-state index contributed by atoms with van der Waals surface area (Å²) in [5.41, 5.74) is -0.220. The topological polar surface area (TPSA) is 83.7 Å². The Labute approximate surface area is 133 Å². The number of rotatable bonds is 5. The van der Waals surface area contributed by atoms with Crippen LogP contribution in [-0.2, 0) is 4.79 Å². The van der Waals surface area contributed by atoms with Gasteiger partial charge in [-0.3, -0.25) is 14.9 Å². The maximum absolute atomic E-state index is 13.1. The summed E-state index contributed by atoms with van der Waals surface area (Å²) >= 11 is 0. The second kappa shape index (κ2) is 7.32. The van der Waals surface area contributed by atoms with Gasteiger partial charge in [0.25, 0.3) is 5.69 Å². The Bertz CT molecular complexity index is 633. The first-order valence-electron chi connectivity index (χ1n) is 7.43. The predicted molar refractivity (Wildman–Crippen MR) is 83.1 cm³/mol. The normalized spacial score (nSPS) is 20.8. The fourth-order valence-corrected chi connectivity index (χ4v) is 2.78. The van der Waals surface area contributed by atoms with Gasteiger partial charge in [-0.05, 0) is 31.1 Å². The Hall–Kier alpha value is -2.28. The number of likely N-dealkylation sites (N-methyl/N-ethyl adjacent to an activating group) is 1. The van der Waals surface area contributed by atoms with Crippen LogP contribution in [0.5, 0.6) is 0 Å². The maximum atomic E-state index is 13.1. The van der Waals surface area contributed by atoms with Crippen molar-refractivity contribution >= 4 is 17.7 Å². The van der Waals surface area contributed by atoms with Crippen LogP contribution in [0.15, 0.2) is 24.3 Å². The Morgan fingerprint density at radius 2 is 2.26 bits per heavy atom. The monoisotopic (exact) mass is 322 g/mol. The van der Waals surface area contributed by atoms with Gasteiger partial charge in [0.2, 0.25) is 5.91 Å². The SMILES string of the molecule is CN(CC1CCCC1O)C(=O)/C=C/c1ccc(F)cc1[N+](=O)[O-]. The molecule has 1 saturated carbocycles. The van der Waals surface area contributed by atoms with Crippen LogP contribution in [0.25, 0.3) is 6.08 Å². The van der Waals surface area contributed by atoms with Gasteiger partial charge in [0.15, 0.2) is 0 Å². The number of halogens is 1. The number of carbonyl (C=O) groups excluding carboxylic acids is 1. The van der Waals surface area contributed by atoms with E-state index in [1.807, 2.05) is 0 Å². The lowest BCUT2D eigenvalue weighted by Crippen LogP contribution is -2.33. The highest BCUT2D eigenvalue weighted by molar-refractivity contribution is 5.92. The van der Waals surface area contributed by atoms with Gasteiger partial charge in [-0.2, -0.15) is 0 Å². The molecule has 2 unspecified atom stereocenters. The van der Waals surface area contributed by atoms with Gasteiger partial charge in [-0.15, -0.1) is 0 Å². The molecule has 2 rings (SSSR count). The van der Waals surface area contributed by atoms with Crippen molar-refractivity contribution in [3.63, 3.8) is 0 Å². The molecular weight excluding hydrogens is 303 g/mol. The number of hydrogen-bond donors (Lipinski definition) is 1. The molecule has 0 saturated heterocycles. The molecule has 1 fully saturated rings. The molecule has 23 heavy (non-hydrogen) atoms. The first-order chi connectivity index (χ1) is 10.9. The van der Waals surface area contributed by atoms with Gasteiger partial charge < -0.3 is 10.0 Å². The zero-order valence-corrected chi connectivity index (χ0v) is 12.8. The van der Waals surface area contributed by atoms with Crippen molar-refractivity contribution in [2.45, 2.75) is 25.4 Å². The molecule has 0 aromatic heterocycles. The fraction of sp³-hybridized carbons (Fsp3) is 0.438. The summed E-state index contributed by atoms with van der Waals surface area (Å²) in [6.45, 7) is 0.440. The molecule has 6 nitrogen and oxygen atoms in total. The number of hydrogen-bond acceptors (Lipinski definition) is 4. The minimum Gasteiger partial charge on any atom is -0.393 e. The summed E-state index contributed by atoms with van der Waals surface area (Å²) in [7, 11) is 1.62. The number of aliphatic hydroxyl groups excluding tert-OH is 1. The van der Waals surface area contributed by atoms with Crippen LogP contribution in [0.4, 0.5) is 10.1 Å². The lowest BCUT2D eigenvalue weighted by Gasteiger charge is -2.22. The molecule has 1 N–H and O–H groups in total. The minimum atomic E-state index is -0.701. The first-order valence-corrected chi connectivity index (χ1v) is 7.43. The summed E-state index contributed by atoms with van der Waals surface area (Å²) in [5.74, 6) is -0.951. The largest absolute Gasteiger partial charge is 0.393 e. The summed E-state index contributed by atoms with van der Waals surface area (Å²) < 4.78 is 13.1. The molecule has 1 aromatic carbocycles. The second-order valence-corrected chi connectivity index (χ2v) is 5.77. The highest BCUT2D eigenvalue weighted by Gasteiger charge is 2.27. The molecule has 0 bridgehead atoms. The van der Waals surface area contributed by atoms with E-state index in [2.05, 4.69) is 0 Å². The van der Waals surface area contributed by atoms with Crippen LogP contribution in [0, 0.1) is 21.8 Å². The van der Waals surface area contributed by atoms with Crippen LogP contribution >= 0.6 is 0 Å². The number of nitro benzene ring substituents is 1. The average molecular weight is 322 g/mol. The zero-order valence-electron chi connectivity index (χ0n) is 12.8. The van der Waals surface area contributed by atoms with Gasteiger partial charge >= 0.3 is 0 Å². The van der Waals surface area contributed by atoms with E-state index in [4.69, 9.17) is 0 Å². The predicted octanol–water partition coefficient (Wildman–Crippen LogP) is 2.37. The molecule has 0 radical (unpaired) electrons. The van der Waals surface area contributed by atoms with Crippen molar-refractivity contribution in [1.82, 2.24) is 4.90 Å². The number of nitrogens with zero attached hydrogens (tertiary/aromatic N) is 2. The Balaban J connectivity index is 2.04. The molecular formula is C16H19FN2O4. The standard InChI is InChI=1S/C16H19FN2O4/c1-18(10-12-3-2-4-15(12)20)16(21)8-6-11-5-7-13(17)9-14(11)19(22)23/h5-9,12,15,20H,2-4,10H2,1H3/b8-6+. The van der Waals surface area contributed by atoms with Gasteiger partial charge in [-0.1, -0.05) is 6.42 Å². The minimum absolute atomic E-state index is 0.0671. The lowest BCUT2D eigenvalue weighted by molar-refractivity contribution is -0.385. The van der Waals surface area contributed by atoms with E-state index in [9.17, 15) is 24.4 Å². The van der Waals surface area contributed by atoms with Crippen molar-refractivity contribution in [3.05, 3.63) is 45.8 Å². The lowest BCUT2D eigenvalue weighted by atomic mass is 10.1. The molecule has 1 amide bonds. The van der Waals surface area contributed by atoms with E-state index >= 15 is 0 Å². The van der Waals surface area contributed by atoms with E-state index < -0.39 is 10.7 Å². The van der Waals surface area contributed by atoms with Crippen LogP contribution < -0.4 is 0 Å². The van der Waals surface area contributed by atoms with Crippen LogP contribution in [0.2, 0.25) is 0 Å². The fourth-order valence-electron chi connectivity index (χ4n) is 2.78. The molecule has 124 valence electrons. The average Bonchev–Trinajstić information content (AvgIpc) is 2.90. The third-order valence-electron chi connectivity index (χ3n) is 4.10. The molecule has 0 heterocycles. The summed E-state index contributed by atoms with van der Waals surface area (Å²) in [6.07, 6.45) is 4.73. The number of aliphatic hydroxyl groups is 1. The van der Waals surface area contributed by atoms with Crippen molar-refractivity contribution in [2.75, 3.05) is 13.6 Å². The summed E-state index contributed by atoms with van der Waals surface area (Å²) in [5, 5.41) is 20.7. The van der Waals surface area contributed by atoms with Gasteiger partial charge in [-0.25, -0.2) is 4.39 Å². The molecule has 2 atom stereocenters. The highest BCUT2D eigenvalue weighted by atomic mass is 19.1. The Morgan fingerprint density at radius 1 is 1.52 bits per heavy atom. The Morgan fingerprint density at radius 3 is 2.87 bits per heavy atom. The van der Waals surface area contributed by atoms with E-state index in [-0.39, 0.29) is 29.2 Å². The highest BCUT2D eigenvalue weighted by Crippen LogP contribution is 2.26. The molecule has 1 aromatic rings. The van der Waals surface area contributed by atoms with Crippen LogP contribution in [0.1, 0.15) is 24.8 Å². The molecule has 0 aliphatic heterocycles. The molecule has 1 aliphatic rings. The Kier molecular flexibility index (Phi) is 5.44. The zero-order chi connectivity index (χ0) is 17.0. The molecule has 0 spiro atoms. The first kappa shape index (κ1) is 17.1. The third kappa shape index (κ3) is 4.35. The number of benzene rings is 1. The summed E-state index contributed by atoms with van der Waals surface area (Å²) in [6, 6.07) is 3.19. The van der Waals surface area contributed by atoms with Crippen LogP contribution in [-0.4, -0.2) is 40.5 Å². The van der Waals surface area contributed by atoms with Gasteiger partial charge in [0.05, 0.1) is 22.7 Å². The van der Waals surface area contributed by atoms with Crippen molar-refractivity contribution in [2.24, 2.45) is 5.92 Å². The molecule has 1 aliphatic carbocycles. The van der Waals surface area contributed by atoms with Crippen molar-refractivity contribution < 1.29 is 19.2 Å². The maximum Gasteiger partial charge on any atom is 0.279 e. The second-order valence-electron chi connectivity index (χ2n) is 5.77. The smallest absolute Gasteiger partial charge is 0.279 e. The number of nitro groups is 1. The van der Waals surface area contributed by atoms with Crippen molar-refractivity contribution in [1.29, 1.82) is 0 Å². The van der Waals surface area contributed by atoms with E-state index in [1.165, 1.54) is 23.1 Å². The van der Waals surface area contributed by atoms with E-state index in [1.54, 1.807) is 7.05 Å². The summed E-state index contributed by atoms with van der Waals surface area (Å²) in [4.78, 5) is 23.8. The van der Waals surface area contributed by atoms with E-state index in [0.717, 1.165) is 31.4 Å². The van der Waals surface area contributed by atoms with E-state index in [0.29, 0.717) is 6.54 Å². The molecule has 7 heteroatoms. The number of amides is 1.